The zero-order valence-corrected chi connectivity index (χ0v) is 16.9. The molecule has 0 bridgehead atoms. The number of carbonyl (C=O) groups is 2. The van der Waals surface area contributed by atoms with Gasteiger partial charge in [-0.05, 0) is 43.4 Å². The maximum atomic E-state index is 12.1. The number of carbonyl (C=O) groups excluding carboxylic acids is 1. The Labute approximate surface area is 174 Å². The van der Waals surface area contributed by atoms with Gasteiger partial charge >= 0.3 is 11.0 Å². The Balaban J connectivity index is 2.16. The van der Waals surface area contributed by atoms with Gasteiger partial charge in [-0.3, -0.25) is 4.79 Å². The summed E-state index contributed by atoms with van der Waals surface area (Å²) in [6, 6.07) is 7.73. The number of carboxylic acids is 1. The van der Waals surface area contributed by atoms with Crippen LogP contribution in [0.25, 0.3) is 0 Å². The summed E-state index contributed by atoms with van der Waals surface area (Å²) in [6.07, 6.45) is 8.80. The first kappa shape index (κ1) is 22.9. The van der Waals surface area contributed by atoms with Crippen LogP contribution in [0.2, 0.25) is 0 Å². The van der Waals surface area contributed by atoms with Gasteiger partial charge in [0.2, 0.25) is 0 Å². The number of carboxylic acid groups (broad SMARTS) is 1. The number of halogens is 1. The van der Waals surface area contributed by atoms with Crippen molar-refractivity contribution in [3.05, 3.63) is 60.4 Å². The fraction of sp³-hybridized carbons (Fsp3) is 0.409. The fourth-order valence-electron chi connectivity index (χ4n) is 3.17. The number of Topliss-reactive ketones (excluding diaryl/α,β-unsaturated/α-hetero) is 1. The Bertz CT molecular complexity index is 810. The molecule has 7 heteroatoms. The largest absolute Gasteiger partial charge is 0.477 e. The second-order valence-electron chi connectivity index (χ2n) is 6.90. The van der Waals surface area contributed by atoms with E-state index in [1.54, 1.807) is 18.2 Å². The molecule has 0 saturated heterocycles. The number of aliphatic hydroxyl groups is 2. The van der Waals surface area contributed by atoms with Gasteiger partial charge in [0.25, 0.3) is 5.79 Å². The van der Waals surface area contributed by atoms with Crippen LogP contribution in [-0.2, 0) is 9.59 Å². The van der Waals surface area contributed by atoms with Crippen LogP contribution in [0.15, 0.2) is 60.4 Å². The average Bonchev–Trinajstić information content (AvgIpc) is 3.03. The molecule has 0 aromatic heterocycles. The van der Waals surface area contributed by atoms with Crippen LogP contribution in [0.1, 0.15) is 32.6 Å². The highest BCUT2D eigenvalue weighted by atomic mass is 35.5. The van der Waals surface area contributed by atoms with Crippen LogP contribution >= 0.6 is 11.6 Å². The number of rotatable bonds is 9. The summed E-state index contributed by atoms with van der Waals surface area (Å²) in [5, 5.41) is 27.1. The maximum absolute atomic E-state index is 12.1. The zero-order chi connectivity index (χ0) is 21.5. The monoisotopic (exact) mass is 420 g/mol. The lowest BCUT2D eigenvalue weighted by Crippen LogP contribution is -2.58. The van der Waals surface area contributed by atoms with Crippen molar-refractivity contribution in [2.45, 2.75) is 43.5 Å². The fourth-order valence-corrected chi connectivity index (χ4v) is 3.32. The van der Waals surface area contributed by atoms with Crippen LogP contribution in [0.5, 0.6) is 5.75 Å². The molecule has 29 heavy (non-hydrogen) atoms. The van der Waals surface area contributed by atoms with Crippen LogP contribution in [0.4, 0.5) is 0 Å². The molecule has 1 aromatic rings. The highest BCUT2D eigenvalue weighted by Gasteiger charge is 2.57. The lowest BCUT2D eigenvalue weighted by Gasteiger charge is -2.32. The second-order valence-corrected chi connectivity index (χ2v) is 7.44. The molecule has 0 spiro atoms. The number of ether oxygens (including phenoxy) is 1. The number of benzene rings is 1. The lowest BCUT2D eigenvalue weighted by molar-refractivity contribution is -0.211. The first-order chi connectivity index (χ1) is 13.7. The summed E-state index contributed by atoms with van der Waals surface area (Å²) in [4.78, 5) is 23.7. The van der Waals surface area contributed by atoms with Crippen molar-refractivity contribution >= 4 is 23.4 Å². The van der Waals surface area contributed by atoms with Crippen LogP contribution in [-0.4, -0.2) is 37.9 Å². The number of aliphatic carboxylic acids is 1. The predicted octanol–water partition coefficient (Wildman–Crippen LogP) is 3.43. The summed E-state index contributed by atoms with van der Waals surface area (Å²) in [5.74, 6) is -4.70. The van der Waals surface area contributed by atoms with Crippen molar-refractivity contribution in [2.75, 3.05) is 0 Å². The van der Waals surface area contributed by atoms with E-state index in [1.807, 2.05) is 19.1 Å². The average molecular weight is 421 g/mol. The van der Waals surface area contributed by atoms with E-state index in [4.69, 9.17) is 16.3 Å². The van der Waals surface area contributed by atoms with E-state index in [9.17, 15) is 24.9 Å². The molecule has 1 aliphatic carbocycles. The summed E-state index contributed by atoms with van der Waals surface area (Å²) < 4.78 is 5.15. The van der Waals surface area contributed by atoms with Gasteiger partial charge < -0.3 is 20.1 Å². The smallest absolute Gasteiger partial charge is 0.370 e. The first-order valence-corrected chi connectivity index (χ1v) is 9.81. The zero-order valence-electron chi connectivity index (χ0n) is 16.1. The van der Waals surface area contributed by atoms with Gasteiger partial charge in [0.15, 0.2) is 0 Å². The Hall–Kier alpha value is -2.37. The molecule has 3 N–H and O–H groups in total. The SMILES string of the molecule is CC/C=C/[C@H]1CCC(=O)[C@@H]1CC=C=CC([16OH])([16OH])C(Cl)(Oc1ccccc1)C(=O)O. The number of alkyl halides is 1. The van der Waals surface area contributed by atoms with Crippen molar-refractivity contribution in [1.82, 2.24) is 0 Å². The van der Waals surface area contributed by atoms with Crippen molar-refractivity contribution < 1.29 is 29.6 Å². The van der Waals surface area contributed by atoms with Crippen molar-refractivity contribution in [2.24, 2.45) is 11.8 Å². The normalized spacial score (nSPS) is 21.4. The van der Waals surface area contributed by atoms with E-state index < -0.39 is 16.8 Å². The van der Waals surface area contributed by atoms with E-state index in [0.29, 0.717) is 18.9 Å². The van der Waals surface area contributed by atoms with Crippen LogP contribution in [0.3, 0.4) is 0 Å². The Morgan fingerprint density at radius 3 is 2.66 bits per heavy atom. The van der Waals surface area contributed by atoms with Gasteiger partial charge in [-0.15, -0.1) is 5.73 Å². The lowest BCUT2D eigenvalue weighted by atomic mass is 9.91. The molecule has 2 rings (SSSR count). The molecule has 6 nitrogen and oxygen atoms in total. The van der Waals surface area contributed by atoms with E-state index in [2.05, 4.69) is 5.73 Å². The van der Waals surface area contributed by atoms with Crippen LogP contribution < -0.4 is 4.74 Å². The topological polar surface area (TPSA) is 104 Å². The van der Waals surface area contributed by atoms with Gasteiger partial charge in [0.05, 0.1) is 0 Å². The van der Waals surface area contributed by atoms with E-state index in [-0.39, 0.29) is 23.4 Å². The van der Waals surface area contributed by atoms with E-state index in [1.165, 1.54) is 18.2 Å². The molecule has 0 radical (unpaired) electrons. The minimum absolute atomic E-state index is 0.0526. The standard InChI is InChI=1S/C22H25ClO6/c1-2-3-9-16-13-14-19(24)18(16)12-7-8-15-21(27,28)22(23,20(25)26)29-17-10-5-4-6-11-17/h3-7,9-11,15-16,18,27-28H,2,12-14H2,1H3,(H,25,26)/b9-3+/t8?,16-,18+,22?/m0/s1/i27+0,28+0. The summed E-state index contributed by atoms with van der Waals surface area (Å²) in [5.41, 5.74) is 2.54. The molecular weight excluding hydrogens is 396 g/mol. The minimum Gasteiger partial charge on any atom is -0.477 e. The second kappa shape index (κ2) is 9.90. The molecule has 1 aromatic carbocycles. The molecule has 0 aliphatic heterocycles. The molecule has 1 aliphatic rings. The number of allylic oxidation sites excluding steroid dienone is 2. The minimum atomic E-state index is -3.06. The Kier molecular flexibility index (Phi) is 7.82. The third-order valence-corrected chi connectivity index (χ3v) is 5.31. The molecule has 0 heterocycles. The van der Waals surface area contributed by atoms with E-state index in [0.717, 1.165) is 12.8 Å². The summed E-state index contributed by atoms with van der Waals surface area (Å²) >= 11 is 5.94. The highest BCUT2D eigenvalue weighted by Crippen LogP contribution is 2.34. The van der Waals surface area contributed by atoms with Gasteiger partial charge in [0.1, 0.15) is 11.5 Å². The van der Waals surface area contributed by atoms with Gasteiger partial charge in [-0.25, -0.2) is 4.79 Å². The van der Waals surface area contributed by atoms with Crippen molar-refractivity contribution in [1.29, 1.82) is 0 Å². The van der Waals surface area contributed by atoms with Gasteiger partial charge in [-0.1, -0.05) is 48.9 Å². The van der Waals surface area contributed by atoms with Crippen molar-refractivity contribution in [3.8, 4) is 5.75 Å². The highest BCUT2D eigenvalue weighted by molar-refractivity contribution is 6.33. The Morgan fingerprint density at radius 2 is 2.03 bits per heavy atom. The van der Waals surface area contributed by atoms with Gasteiger partial charge in [-0.2, -0.15) is 0 Å². The Morgan fingerprint density at radius 1 is 1.34 bits per heavy atom. The molecule has 1 fully saturated rings. The van der Waals surface area contributed by atoms with E-state index >= 15 is 0 Å². The molecule has 3 atom stereocenters. The molecule has 1 saturated carbocycles. The van der Waals surface area contributed by atoms with Crippen LogP contribution in [0, 0.1) is 11.8 Å². The number of ketones is 1. The molecule has 1 unspecified atom stereocenters. The maximum Gasteiger partial charge on any atom is 0.370 e. The molecular formula is C22H25ClO6. The summed E-state index contributed by atoms with van der Waals surface area (Å²) in [7, 11) is 0. The third kappa shape index (κ3) is 5.58. The molecule has 156 valence electrons. The predicted molar refractivity (Wildman–Crippen MR) is 108 cm³/mol. The quantitative estimate of drug-likeness (QED) is 0.245. The summed E-state index contributed by atoms with van der Waals surface area (Å²) in [6.45, 7) is 2.02. The van der Waals surface area contributed by atoms with Crippen molar-refractivity contribution in [3.63, 3.8) is 0 Å². The third-order valence-electron chi connectivity index (χ3n) is 4.80. The van der Waals surface area contributed by atoms with Gasteiger partial charge in [0, 0.05) is 18.4 Å². The number of hydrogen-bond donors (Lipinski definition) is 3. The number of para-hydroxylation sites is 1. The molecule has 0 amide bonds. The number of hydrogen-bond acceptors (Lipinski definition) is 5. The first-order valence-electron chi connectivity index (χ1n) is 9.44.